The Morgan fingerprint density at radius 2 is 2.08 bits per heavy atom. The van der Waals surface area contributed by atoms with Crippen LogP contribution < -0.4 is 0 Å². The van der Waals surface area contributed by atoms with E-state index in [0.717, 1.165) is 32.4 Å². The number of fused-ring (bicyclic) bond motifs is 1. The van der Waals surface area contributed by atoms with Crippen molar-refractivity contribution in [2.24, 2.45) is 5.92 Å². The van der Waals surface area contributed by atoms with Crippen molar-refractivity contribution < 1.29 is 14.6 Å². The summed E-state index contributed by atoms with van der Waals surface area (Å²) in [4.78, 5) is 2.47. The van der Waals surface area contributed by atoms with Crippen LogP contribution in [-0.4, -0.2) is 52.7 Å². The van der Waals surface area contributed by atoms with Crippen LogP contribution in [0.5, 0.6) is 0 Å². The van der Waals surface area contributed by atoms with Gasteiger partial charge >= 0.3 is 0 Å². The maximum atomic E-state index is 10.8. The Labute approximate surface area is 159 Å². The molecule has 3 saturated heterocycles. The highest BCUT2D eigenvalue weighted by molar-refractivity contribution is 5.18. The number of ether oxygens (including phenoxy) is 2. The normalized spacial score (nSPS) is 40.8. The third kappa shape index (κ3) is 4.41. The molecule has 0 aliphatic carbocycles. The summed E-state index contributed by atoms with van der Waals surface area (Å²) in [5, 5.41) is 10.8. The summed E-state index contributed by atoms with van der Waals surface area (Å²) in [5.41, 5.74) is 2.06. The molecule has 5 atom stereocenters. The summed E-state index contributed by atoms with van der Waals surface area (Å²) in [5.74, 6) is -0.0345. The van der Waals surface area contributed by atoms with Gasteiger partial charge in [0, 0.05) is 12.6 Å². The minimum absolute atomic E-state index is 0.0469. The number of allylic oxidation sites excluding steroid dienone is 2. The fraction of sp³-hybridized carbons (Fsp3) is 0.818. The van der Waals surface area contributed by atoms with E-state index in [4.69, 9.17) is 9.47 Å². The molecule has 3 aliphatic heterocycles. The van der Waals surface area contributed by atoms with Gasteiger partial charge in [-0.25, -0.2) is 0 Å². The van der Waals surface area contributed by atoms with Gasteiger partial charge in [-0.15, -0.1) is 0 Å². The Hall–Kier alpha value is -0.680. The molecule has 0 spiro atoms. The number of nitrogens with zero attached hydrogens (tertiary/aromatic N) is 1. The summed E-state index contributed by atoms with van der Waals surface area (Å²) >= 11 is 0. The van der Waals surface area contributed by atoms with Crippen LogP contribution in [-0.2, 0) is 9.47 Å². The molecule has 4 heteroatoms. The minimum atomic E-state index is -0.581. The van der Waals surface area contributed by atoms with Crippen LogP contribution in [0, 0.1) is 5.92 Å². The van der Waals surface area contributed by atoms with Crippen molar-refractivity contribution in [2.75, 3.05) is 13.1 Å². The molecule has 3 fully saturated rings. The van der Waals surface area contributed by atoms with Gasteiger partial charge in [-0.05, 0) is 78.3 Å². The molecule has 3 aliphatic rings. The molecule has 0 aromatic rings. The van der Waals surface area contributed by atoms with Crippen molar-refractivity contribution in [1.29, 1.82) is 0 Å². The fourth-order valence-corrected chi connectivity index (χ4v) is 5.09. The molecule has 3 rings (SSSR count). The average Bonchev–Trinajstić information content (AvgIpc) is 3.08. The molecule has 26 heavy (non-hydrogen) atoms. The minimum Gasteiger partial charge on any atom is -0.388 e. The van der Waals surface area contributed by atoms with Crippen molar-refractivity contribution in [3.63, 3.8) is 0 Å². The third-order valence-electron chi connectivity index (χ3n) is 6.16. The predicted molar refractivity (Wildman–Crippen MR) is 105 cm³/mol. The van der Waals surface area contributed by atoms with Crippen LogP contribution >= 0.6 is 0 Å². The Balaban J connectivity index is 1.60. The molecular formula is C22H37NO3. The van der Waals surface area contributed by atoms with Gasteiger partial charge in [0.05, 0.1) is 11.7 Å². The van der Waals surface area contributed by atoms with Crippen LogP contribution in [0.4, 0.5) is 0 Å². The topological polar surface area (TPSA) is 41.9 Å². The number of rotatable bonds is 4. The first-order chi connectivity index (χ1) is 12.1. The summed E-state index contributed by atoms with van der Waals surface area (Å²) in [6, 6.07) is 0.349. The summed E-state index contributed by atoms with van der Waals surface area (Å²) < 4.78 is 11.9. The highest BCUT2D eigenvalue weighted by atomic mass is 16.7. The van der Waals surface area contributed by atoms with Crippen molar-refractivity contribution in [3.05, 3.63) is 23.3 Å². The van der Waals surface area contributed by atoms with E-state index in [-0.39, 0.29) is 12.2 Å². The first kappa shape index (κ1) is 20.1. The number of hydrogen-bond donors (Lipinski definition) is 1. The van der Waals surface area contributed by atoms with Gasteiger partial charge in [0.25, 0.3) is 0 Å². The maximum absolute atomic E-state index is 10.8. The molecule has 1 N–H and O–H groups in total. The van der Waals surface area contributed by atoms with Crippen LogP contribution in [0.2, 0.25) is 0 Å². The van der Waals surface area contributed by atoms with E-state index >= 15 is 0 Å². The zero-order valence-electron chi connectivity index (χ0n) is 17.4. The van der Waals surface area contributed by atoms with E-state index in [1.165, 1.54) is 17.6 Å². The van der Waals surface area contributed by atoms with Gasteiger partial charge in [-0.3, -0.25) is 4.90 Å². The van der Waals surface area contributed by atoms with Gasteiger partial charge in [0.1, 0.15) is 6.10 Å². The summed E-state index contributed by atoms with van der Waals surface area (Å²) in [6.45, 7) is 14.6. The zero-order valence-corrected chi connectivity index (χ0v) is 17.4. The summed E-state index contributed by atoms with van der Waals surface area (Å²) in [7, 11) is 0. The lowest BCUT2D eigenvalue weighted by Gasteiger charge is -2.43. The molecule has 4 nitrogen and oxygen atoms in total. The standard InChI is InChI=1S/C22H37NO3/c1-15(9-10-16(2)20-17(3)25-21(4,5)26-20)12-18-13-22(6,24)19-8-7-11-23(19)14-18/h10,12,15,17,19-20,24H,7-9,11,13-14H2,1-6H3/b16-10+,18-12+/t15-,17-,19?,20-,22+/m1/s1. The van der Waals surface area contributed by atoms with Crippen molar-refractivity contribution in [3.8, 4) is 0 Å². The molecular weight excluding hydrogens is 326 g/mol. The second kappa shape index (κ2) is 7.38. The third-order valence-corrected chi connectivity index (χ3v) is 6.16. The molecule has 0 amide bonds. The van der Waals surface area contributed by atoms with Crippen LogP contribution in [0.1, 0.15) is 67.2 Å². The smallest absolute Gasteiger partial charge is 0.164 e. The molecule has 1 unspecified atom stereocenters. The van der Waals surface area contributed by atoms with Crippen molar-refractivity contribution >= 4 is 0 Å². The lowest BCUT2D eigenvalue weighted by molar-refractivity contribution is -0.142. The zero-order chi connectivity index (χ0) is 19.1. The highest BCUT2D eigenvalue weighted by Gasteiger charge is 2.43. The first-order valence-corrected chi connectivity index (χ1v) is 10.3. The molecule has 3 heterocycles. The molecule has 0 radical (unpaired) electrons. The molecule has 148 valence electrons. The van der Waals surface area contributed by atoms with Gasteiger partial charge in [-0.2, -0.15) is 0 Å². The molecule has 0 saturated carbocycles. The fourth-order valence-electron chi connectivity index (χ4n) is 5.09. The van der Waals surface area contributed by atoms with E-state index in [1.54, 1.807) is 0 Å². The van der Waals surface area contributed by atoms with Gasteiger partial charge in [0.2, 0.25) is 0 Å². The predicted octanol–water partition coefficient (Wildman–Crippen LogP) is 4.04. The Morgan fingerprint density at radius 1 is 1.35 bits per heavy atom. The first-order valence-electron chi connectivity index (χ1n) is 10.3. The SMILES string of the molecule is C/C(=C\C[C@@H](C)/C=C1/CN2CCCC2[C@@](C)(O)C1)[C@H]1OC(C)(C)O[C@@H]1C. The van der Waals surface area contributed by atoms with E-state index < -0.39 is 11.4 Å². The average molecular weight is 364 g/mol. The van der Waals surface area contributed by atoms with Gasteiger partial charge < -0.3 is 14.6 Å². The van der Waals surface area contributed by atoms with E-state index in [9.17, 15) is 5.11 Å². The van der Waals surface area contributed by atoms with Crippen LogP contribution in [0.3, 0.4) is 0 Å². The number of aliphatic hydroxyl groups is 1. The number of hydrogen-bond acceptors (Lipinski definition) is 4. The van der Waals surface area contributed by atoms with Crippen LogP contribution in [0.25, 0.3) is 0 Å². The largest absolute Gasteiger partial charge is 0.388 e. The second-order valence-electron chi connectivity index (χ2n) is 9.41. The van der Waals surface area contributed by atoms with Gasteiger partial charge in [-0.1, -0.05) is 24.6 Å². The number of piperidine rings is 1. The van der Waals surface area contributed by atoms with E-state index in [0.29, 0.717) is 12.0 Å². The Morgan fingerprint density at radius 3 is 2.73 bits per heavy atom. The second-order valence-corrected chi connectivity index (χ2v) is 9.41. The van der Waals surface area contributed by atoms with Gasteiger partial charge in [0.15, 0.2) is 5.79 Å². The lowest BCUT2D eigenvalue weighted by atomic mass is 9.82. The molecule has 0 bridgehead atoms. The van der Waals surface area contributed by atoms with Crippen molar-refractivity contribution in [2.45, 2.75) is 96.9 Å². The lowest BCUT2D eigenvalue weighted by Crippen LogP contribution is -2.52. The van der Waals surface area contributed by atoms with E-state index in [1.807, 2.05) is 20.8 Å². The monoisotopic (exact) mass is 363 g/mol. The summed E-state index contributed by atoms with van der Waals surface area (Å²) in [6.07, 6.45) is 8.97. The maximum Gasteiger partial charge on any atom is 0.164 e. The Bertz CT molecular complexity index is 578. The van der Waals surface area contributed by atoms with Crippen LogP contribution in [0.15, 0.2) is 23.3 Å². The quantitative estimate of drug-likeness (QED) is 0.765. The van der Waals surface area contributed by atoms with Crippen molar-refractivity contribution in [1.82, 2.24) is 4.90 Å². The highest BCUT2D eigenvalue weighted by Crippen LogP contribution is 2.37. The Kier molecular flexibility index (Phi) is 5.70. The molecule has 0 aromatic heterocycles. The van der Waals surface area contributed by atoms with E-state index in [2.05, 4.69) is 37.8 Å². The molecule has 0 aromatic carbocycles.